The van der Waals surface area contributed by atoms with Crippen LogP contribution in [0.1, 0.15) is 70.3 Å². The van der Waals surface area contributed by atoms with Crippen molar-refractivity contribution in [2.45, 2.75) is 76.8 Å². The fourth-order valence-corrected chi connectivity index (χ4v) is 4.88. The van der Waals surface area contributed by atoms with Crippen molar-refractivity contribution < 1.29 is 22.6 Å². The van der Waals surface area contributed by atoms with Crippen LogP contribution in [-0.2, 0) is 9.47 Å². The van der Waals surface area contributed by atoms with Gasteiger partial charge in [-0.2, -0.15) is 0 Å². The van der Waals surface area contributed by atoms with Gasteiger partial charge in [-0.05, 0) is 80.6 Å². The van der Waals surface area contributed by atoms with Crippen LogP contribution in [-0.4, -0.2) is 12.1 Å². The molecule has 1 atom stereocenters. The number of ether oxygens (including phenoxy) is 2. The zero-order valence-corrected chi connectivity index (χ0v) is 15.8. The van der Waals surface area contributed by atoms with Crippen LogP contribution in [0.3, 0.4) is 0 Å². The van der Waals surface area contributed by atoms with Gasteiger partial charge in [-0.3, -0.25) is 0 Å². The number of allylic oxidation sites excluding steroid dienone is 2. The van der Waals surface area contributed by atoms with Crippen LogP contribution in [0.2, 0.25) is 0 Å². The summed E-state index contributed by atoms with van der Waals surface area (Å²) in [7, 11) is 0. The van der Waals surface area contributed by atoms with Crippen LogP contribution < -0.4 is 0 Å². The Morgan fingerprint density at radius 2 is 1.59 bits per heavy atom. The standard InChI is InChI=1S/C22H27F3O2/c1-14-26-22(27-14)10-8-16(9-11-22)3-2-15-4-6-17(7-5-15)18-12-19(23)21(25)20(24)13-18/h6,12-16H,2-5,7-11H2,1H3. The van der Waals surface area contributed by atoms with E-state index in [9.17, 15) is 13.2 Å². The summed E-state index contributed by atoms with van der Waals surface area (Å²) in [6, 6.07) is 2.21. The van der Waals surface area contributed by atoms with Gasteiger partial charge in [-0.25, -0.2) is 13.2 Å². The van der Waals surface area contributed by atoms with Gasteiger partial charge in [0.15, 0.2) is 29.5 Å². The van der Waals surface area contributed by atoms with Crippen LogP contribution in [0.4, 0.5) is 13.2 Å². The molecule has 3 aliphatic rings. The minimum Gasteiger partial charge on any atom is -0.321 e. The topological polar surface area (TPSA) is 18.5 Å². The SMILES string of the molecule is CC1OC2(CCC(CCC3CC=C(c4cc(F)c(F)c(F)c4)CC3)CC2)O1. The summed E-state index contributed by atoms with van der Waals surface area (Å²) in [6.07, 6.45) is 11.5. The molecule has 1 spiro atoms. The molecule has 1 aromatic carbocycles. The van der Waals surface area contributed by atoms with E-state index >= 15 is 0 Å². The van der Waals surface area contributed by atoms with E-state index in [0.717, 1.165) is 68.6 Å². The van der Waals surface area contributed by atoms with Crippen molar-refractivity contribution in [3.63, 3.8) is 0 Å². The van der Waals surface area contributed by atoms with Crippen LogP contribution in [0.15, 0.2) is 18.2 Å². The molecule has 4 rings (SSSR count). The first-order valence-corrected chi connectivity index (χ1v) is 10.1. The van der Waals surface area contributed by atoms with Gasteiger partial charge in [0.25, 0.3) is 0 Å². The molecule has 1 heterocycles. The summed E-state index contributed by atoms with van der Waals surface area (Å²) in [5, 5.41) is 0. The zero-order chi connectivity index (χ0) is 19.0. The Hall–Kier alpha value is -1.33. The van der Waals surface area contributed by atoms with Gasteiger partial charge in [0, 0.05) is 12.8 Å². The summed E-state index contributed by atoms with van der Waals surface area (Å²) in [4.78, 5) is 0. The fourth-order valence-electron chi connectivity index (χ4n) is 4.88. The highest BCUT2D eigenvalue weighted by atomic mass is 19.2. The Balaban J connectivity index is 1.25. The van der Waals surface area contributed by atoms with Crippen LogP contribution in [0.5, 0.6) is 0 Å². The Morgan fingerprint density at radius 1 is 0.963 bits per heavy atom. The first-order valence-electron chi connectivity index (χ1n) is 10.1. The molecule has 2 fully saturated rings. The first kappa shape index (κ1) is 19.0. The van der Waals surface area contributed by atoms with E-state index in [1.165, 1.54) is 12.8 Å². The van der Waals surface area contributed by atoms with E-state index in [1.807, 2.05) is 6.92 Å². The molecule has 2 nitrogen and oxygen atoms in total. The number of hydrogen-bond donors (Lipinski definition) is 0. The maximum Gasteiger partial charge on any atom is 0.194 e. The molecular weight excluding hydrogens is 353 g/mol. The smallest absolute Gasteiger partial charge is 0.194 e. The van der Waals surface area contributed by atoms with Gasteiger partial charge >= 0.3 is 0 Å². The lowest BCUT2D eigenvalue weighted by Crippen LogP contribution is -2.54. The third-order valence-corrected chi connectivity index (χ3v) is 6.49. The van der Waals surface area contributed by atoms with Gasteiger partial charge in [-0.1, -0.05) is 12.5 Å². The zero-order valence-electron chi connectivity index (χ0n) is 15.8. The Kier molecular flexibility index (Phi) is 5.34. The van der Waals surface area contributed by atoms with Gasteiger partial charge in [0.05, 0.1) is 0 Å². The third-order valence-electron chi connectivity index (χ3n) is 6.49. The largest absolute Gasteiger partial charge is 0.321 e. The molecule has 1 saturated carbocycles. The Labute approximate surface area is 158 Å². The lowest BCUT2D eigenvalue weighted by Gasteiger charge is -2.49. The molecule has 27 heavy (non-hydrogen) atoms. The Bertz CT molecular complexity index is 691. The molecule has 0 amide bonds. The molecule has 0 radical (unpaired) electrons. The van der Waals surface area contributed by atoms with Crippen molar-refractivity contribution in [2.75, 3.05) is 0 Å². The van der Waals surface area contributed by atoms with Crippen molar-refractivity contribution in [2.24, 2.45) is 11.8 Å². The molecule has 0 bridgehead atoms. The maximum atomic E-state index is 13.4. The highest BCUT2D eigenvalue weighted by Crippen LogP contribution is 2.45. The maximum absolute atomic E-state index is 13.4. The second kappa shape index (κ2) is 7.59. The lowest BCUT2D eigenvalue weighted by atomic mass is 9.78. The molecule has 1 aliphatic heterocycles. The van der Waals surface area contributed by atoms with Crippen molar-refractivity contribution in [1.82, 2.24) is 0 Å². The van der Waals surface area contributed by atoms with Gasteiger partial charge in [0.2, 0.25) is 0 Å². The minimum absolute atomic E-state index is 0.0483. The predicted molar refractivity (Wildman–Crippen MR) is 97.2 cm³/mol. The van der Waals surface area contributed by atoms with Gasteiger partial charge in [-0.15, -0.1) is 0 Å². The fraction of sp³-hybridized carbons (Fsp3) is 0.636. The highest BCUT2D eigenvalue weighted by Gasteiger charge is 2.46. The van der Waals surface area contributed by atoms with Crippen LogP contribution in [0, 0.1) is 29.3 Å². The van der Waals surface area contributed by atoms with E-state index in [-0.39, 0.29) is 12.1 Å². The first-order chi connectivity index (χ1) is 12.9. The quantitative estimate of drug-likeness (QED) is 0.567. The highest BCUT2D eigenvalue weighted by molar-refractivity contribution is 5.66. The van der Waals surface area contributed by atoms with E-state index < -0.39 is 17.5 Å². The monoisotopic (exact) mass is 380 g/mol. The molecule has 5 heteroatoms. The van der Waals surface area contributed by atoms with Crippen LogP contribution >= 0.6 is 0 Å². The number of hydrogen-bond acceptors (Lipinski definition) is 2. The number of rotatable bonds is 4. The van der Waals surface area contributed by atoms with Gasteiger partial charge in [0.1, 0.15) is 0 Å². The second-order valence-corrected chi connectivity index (χ2v) is 8.36. The lowest BCUT2D eigenvalue weighted by molar-refractivity contribution is -0.454. The molecule has 1 unspecified atom stereocenters. The van der Waals surface area contributed by atoms with Crippen molar-refractivity contribution in [1.29, 1.82) is 0 Å². The third kappa shape index (κ3) is 4.09. The molecular formula is C22H27F3O2. The van der Waals surface area contributed by atoms with Crippen molar-refractivity contribution in [3.8, 4) is 0 Å². The summed E-state index contributed by atoms with van der Waals surface area (Å²) < 4.78 is 51.6. The summed E-state index contributed by atoms with van der Waals surface area (Å²) in [5.41, 5.74) is 1.40. The Morgan fingerprint density at radius 3 is 2.15 bits per heavy atom. The minimum atomic E-state index is -1.39. The van der Waals surface area contributed by atoms with Gasteiger partial charge < -0.3 is 9.47 Å². The second-order valence-electron chi connectivity index (χ2n) is 8.36. The summed E-state index contributed by atoms with van der Waals surface area (Å²) in [6.45, 7) is 1.94. The van der Waals surface area contributed by atoms with E-state index in [4.69, 9.17) is 9.47 Å². The van der Waals surface area contributed by atoms with E-state index in [2.05, 4.69) is 6.08 Å². The average molecular weight is 380 g/mol. The normalized spacial score (nSPS) is 33.6. The van der Waals surface area contributed by atoms with Crippen LogP contribution in [0.25, 0.3) is 5.57 Å². The summed E-state index contributed by atoms with van der Waals surface area (Å²) >= 11 is 0. The molecule has 148 valence electrons. The van der Waals surface area contributed by atoms with Crippen molar-refractivity contribution in [3.05, 3.63) is 41.2 Å². The summed E-state index contributed by atoms with van der Waals surface area (Å²) in [5.74, 6) is -2.54. The number of benzene rings is 1. The molecule has 0 aromatic heterocycles. The number of halogens is 3. The molecule has 1 aromatic rings. The average Bonchev–Trinajstić information content (AvgIpc) is 2.64. The molecule has 1 saturated heterocycles. The van der Waals surface area contributed by atoms with Crippen molar-refractivity contribution >= 4 is 5.57 Å². The predicted octanol–water partition coefficient (Wildman–Crippen LogP) is 6.35. The molecule has 2 aliphatic carbocycles. The van der Waals surface area contributed by atoms with E-state index in [1.54, 1.807) is 0 Å². The molecule has 0 N–H and O–H groups in total. The van der Waals surface area contributed by atoms with E-state index in [0.29, 0.717) is 11.5 Å².